The molecule has 1 saturated heterocycles. The molecule has 0 bridgehead atoms. The summed E-state index contributed by atoms with van der Waals surface area (Å²) < 4.78 is 27.5. The maximum absolute atomic E-state index is 14.5. The number of benzene rings is 1. The average Bonchev–Trinajstić information content (AvgIpc) is 3.10. The zero-order valence-electron chi connectivity index (χ0n) is 15.0. The molecular weight excluding hydrogens is 340 g/mol. The van der Waals surface area contributed by atoms with Crippen molar-refractivity contribution < 1.29 is 13.7 Å². The fourth-order valence-corrected chi connectivity index (χ4v) is 2.84. The lowest BCUT2D eigenvalue weighted by Crippen LogP contribution is -2.41. The van der Waals surface area contributed by atoms with Gasteiger partial charge in [-0.25, -0.2) is 9.07 Å². The van der Waals surface area contributed by atoms with E-state index < -0.39 is 24.0 Å². The van der Waals surface area contributed by atoms with Crippen LogP contribution >= 0.6 is 11.8 Å². The largest absolute Gasteiger partial charge is 0.525 e. The zero-order chi connectivity index (χ0) is 18.2. The van der Waals surface area contributed by atoms with Gasteiger partial charge in [0.1, 0.15) is 11.4 Å². The molecule has 0 spiro atoms. The fraction of sp³-hybridized carbons (Fsp3) is 0.412. The summed E-state index contributed by atoms with van der Waals surface area (Å²) in [6.45, 7) is 7.54. The molecule has 1 aliphatic rings. The summed E-state index contributed by atoms with van der Waals surface area (Å²) in [6, 6.07) is 7.89. The third-order valence-corrected chi connectivity index (χ3v) is 5.32. The zero-order valence-corrected chi connectivity index (χ0v) is 15.8. The van der Waals surface area contributed by atoms with Gasteiger partial charge in [-0.2, -0.15) is 0 Å². The standard InChI is InChI=1S/C17H21BFN3O2S/c1-16(2)17(3,4)24-18(23-16)15(19)9-12-11-22(21-20-12)13-7-6-8-14(10-13)25-5/h6-11H,1-5H3. The molecule has 0 saturated carbocycles. The summed E-state index contributed by atoms with van der Waals surface area (Å²) in [5, 5.41) is 8.07. The van der Waals surface area contributed by atoms with Crippen LogP contribution < -0.4 is 0 Å². The van der Waals surface area contributed by atoms with Gasteiger partial charge in [0.2, 0.25) is 0 Å². The number of thioether (sulfide) groups is 1. The van der Waals surface area contributed by atoms with E-state index in [9.17, 15) is 4.39 Å². The lowest BCUT2D eigenvalue weighted by molar-refractivity contribution is 0.00578. The molecule has 0 radical (unpaired) electrons. The Balaban J connectivity index is 1.80. The van der Waals surface area contributed by atoms with E-state index in [4.69, 9.17) is 9.31 Å². The Hall–Kier alpha value is -1.64. The Morgan fingerprint density at radius 2 is 1.92 bits per heavy atom. The molecule has 0 amide bonds. The van der Waals surface area contributed by atoms with Crippen molar-refractivity contribution in [1.29, 1.82) is 0 Å². The molecule has 2 aromatic rings. The maximum atomic E-state index is 14.5. The molecule has 5 nitrogen and oxygen atoms in total. The van der Waals surface area contributed by atoms with Gasteiger partial charge in [-0.15, -0.1) is 16.9 Å². The van der Waals surface area contributed by atoms with Crippen LogP contribution in [0.4, 0.5) is 4.39 Å². The SMILES string of the molecule is CSc1cccc(-n2cc(C=C(F)B3OC(C)(C)C(C)(C)O3)nn2)c1. The van der Waals surface area contributed by atoms with Crippen LogP contribution in [-0.4, -0.2) is 39.6 Å². The van der Waals surface area contributed by atoms with Gasteiger partial charge in [0, 0.05) is 4.90 Å². The van der Waals surface area contributed by atoms with E-state index in [2.05, 4.69) is 10.3 Å². The van der Waals surface area contributed by atoms with Crippen molar-refractivity contribution in [3.63, 3.8) is 0 Å². The molecule has 25 heavy (non-hydrogen) atoms. The smallest absolute Gasteiger partial charge is 0.398 e. The normalized spacial score (nSPS) is 19.4. The van der Waals surface area contributed by atoms with Crippen LogP contribution in [0, 0.1) is 0 Å². The van der Waals surface area contributed by atoms with Crippen LogP contribution in [0.1, 0.15) is 33.4 Å². The van der Waals surface area contributed by atoms with Gasteiger partial charge in [-0.05, 0) is 58.2 Å². The third-order valence-electron chi connectivity index (χ3n) is 4.59. The van der Waals surface area contributed by atoms with E-state index in [1.165, 1.54) is 6.08 Å². The van der Waals surface area contributed by atoms with Gasteiger partial charge in [0.25, 0.3) is 0 Å². The van der Waals surface area contributed by atoms with E-state index >= 15 is 0 Å². The highest BCUT2D eigenvalue weighted by molar-refractivity contribution is 7.98. The second-order valence-electron chi connectivity index (χ2n) is 6.91. The molecule has 0 unspecified atom stereocenters. The second-order valence-corrected chi connectivity index (χ2v) is 7.79. The summed E-state index contributed by atoms with van der Waals surface area (Å²) in [6.07, 6.45) is 4.98. The van der Waals surface area contributed by atoms with Gasteiger partial charge in [0.05, 0.1) is 23.1 Å². The molecule has 2 heterocycles. The minimum absolute atomic E-state index is 0.404. The Labute approximate surface area is 151 Å². The van der Waals surface area contributed by atoms with E-state index in [0.29, 0.717) is 5.69 Å². The predicted molar refractivity (Wildman–Crippen MR) is 98.3 cm³/mol. The molecule has 1 fully saturated rings. The van der Waals surface area contributed by atoms with Crippen molar-refractivity contribution in [2.75, 3.05) is 6.26 Å². The minimum Gasteiger partial charge on any atom is -0.398 e. The maximum Gasteiger partial charge on any atom is 0.525 e. The highest BCUT2D eigenvalue weighted by atomic mass is 32.2. The van der Waals surface area contributed by atoms with E-state index in [0.717, 1.165) is 10.6 Å². The van der Waals surface area contributed by atoms with Crippen LogP contribution in [0.25, 0.3) is 11.8 Å². The van der Waals surface area contributed by atoms with E-state index in [-0.39, 0.29) is 0 Å². The quantitative estimate of drug-likeness (QED) is 0.610. The van der Waals surface area contributed by atoms with Gasteiger partial charge >= 0.3 is 7.12 Å². The summed E-state index contributed by atoms with van der Waals surface area (Å²) >= 11 is 1.64. The molecule has 0 aliphatic carbocycles. The summed E-state index contributed by atoms with van der Waals surface area (Å²) in [5.41, 5.74) is -0.419. The highest BCUT2D eigenvalue weighted by Gasteiger charge is 2.53. The summed E-state index contributed by atoms with van der Waals surface area (Å²) in [4.78, 5) is 1.12. The molecule has 1 aromatic carbocycles. The summed E-state index contributed by atoms with van der Waals surface area (Å²) in [7, 11) is -1.03. The third kappa shape index (κ3) is 3.66. The Kier molecular flexibility index (Phi) is 4.79. The number of hydrogen-bond donors (Lipinski definition) is 0. The molecule has 132 valence electrons. The van der Waals surface area contributed by atoms with Crippen molar-refractivity contribution in [1.82, 2.24) is 15.0 Å². The number of hydrogen-bond acceptors (Lipinski definition) is 5. The molecule has 0 N–H and O–H groups in total. The minimum atomic E-state index is -1.03. The molecule has 8 heteroatoms. The second kappa shape index (κ2) is 6.59. The number of aromatic nitrogens is 3. The number of nitrogens with zero attached hydrogens (tertiary/aromatic N) is 3. The Bertz CT molecular complexity index is 791. The first kappa shape index (κ1) is 18.2. The van der Waals surface area contributed by atoms with Crippen LogP contribution in [0.15, 0.2) is 41.1 Å². The van der Waals surface area contributed by atoms with Crippen molar-refractivity contribution in [2.24, 2.45) is 0 Å². The van der Waals surface area contributed by atoms with Gasteiger partial charge in [0.15, 0.2) is 0 Å². The Morgan fingerprint density at radius 3 is 2.56 bits per heavy atom. The molecule has 1 aromatic heterocycles. The number of halogens is 1. The lowest BCUT2D eigenvalue weighted by atomic mass is 9.87. The Morgan fingerprint density at radius 1 is 1.24 bits per heavy atom. The summed E-state index contributed by atoms with van der Waals surface area (Å²) in [5.74, 6) is 0. The first-order valence-corrected chi connectivity index (χ1v) is 9.24. The number of rotatable bonds is 4. The van der Waals surface area contributed by atoms with Crippen molar-refractivity contribution >= 4 is 25.0 Å². The van der Waals surface area contributed by atoms with Crippen LogP contribution in [-0.2, 0) is 9.31 Å². The van der Waals surface area contributed by atoms with Crippen molar-refractivity contribution in [3.8, 4) is 5.69 Å². The first-order chi connectivity index (χ1) is 11.7. The van der Waals surface area contributed by atoms with Crippen molar-refractivity contribution in [2.45, 2.75) is 43.8 Å². The molecular formula is C17H21BFN3O2S. The fourth-order valence-electron chi connectivity index (χ4n) is 2.39. The van der Waals surface area contributed by atoms with Crippen LogP contribution in [0.2, 0.25) is 0 Å². The lowest BCUT2D eigenvalue weighted by Gasteiger charge is -2.32. The topological polar surface area (TPSA) is 49.2 Å². The highest BCUT2D eigenvalue weighted by Crippen LogP contribution is 2.39. The molecule has 1 aliphatic heterocycles. The van der Waals surface area contributed by atoms with Crippen molar-refractivity contribution in [3.05, 3.63) is 41.9 Å². The van der Waals surface area contributed by atoms with Gasteiger partial charge in [-0.3, -0.25) is 0 Å². The molecule has 0 atom stereocenters. The van der Waals surface area contributed by atoms with Crippen LogP contribution in [0.5, 0.6) is 0 Å². The molecule has 3 rings (SSSR count). The van der Waals surface area contributed by atoms with Crippen LogP contribution in [0.3, 0.4) is 0 Å². The predicted octanol–water partition coefficient (Wildman–Crippen LogP) is 3.93. The average molecular weight is 361 g/mol. The first-order valence-electron chi connectivity index (χ1n) is 8.01. The van der Waals surface area contributed by atoms with Gasteiger partial charge in [-0.1, -0.05) is 11.3 Å². The van der Waals surface area contributed by atoms with E-state index in [1.807, 2.05) is 58.2 Å². The van der Waals surface area contributed by atoms with E-state index in [1.54, 1.807) is 22.6 Å². The monoisotopic (exact) mass is 361 g/mol. The van der Waals surface area contributed by atoms with Gasteiger partial charge < -0.3 is 9.31 Å².